The Morgan fingerprint density at radius 3 is 2.67 bits per heavy atom. The van der Waals surface area contributed by atoms with Crippen molar-refractivity contribution in [2.45, 2.75) is 26.5 Å². The van der Waals surface area contributed by atoms with Crippen molar-refractivity contribution in [2.75, 3.05) is 0 Å². The molecule has 1 unspecified atom stereocenters. The van der Waals surface area contributed by atoms with E-state index in [0.29, 0.717) is 12.3 Å². The number of thiazole rings is 1. The molecule has 0 aliphatic heterocycles. The van der Waals surface area contributed by atoms with Crippen LogP contribution in [0.2, 0.25) is 0 Å². The van der Waals surface area contributed by atoms with Gasteiger partial charge in [0.25, 0.3) is 5.91 Å². The smallest absolute Gasteiger partial charge is 0.261 e. The molecule has 0 bridgehead atoms. The van der Waals surface area contributed by atoms with E-state index in [-0.39, 0.29) is 11.7 Å². The molecule has 4 rings (SSSR count). The van der Waals surface area contributed by atoms with Crippen LogP contribution in [0.5, 0.6) is 5.75 Å². The number of hydrogen-bond acceptors (Lipinski definition) is 4. The number of aromatic nitrogens is 2. The summed E-state index contributed by atoms with van der Waals surface area (Å²) < 4.78 is 33.8. The quantitative estimate of drug-likeness (QED) is 0.484. The van der Waals surface area contributed by atoms with Crippen molar-refractivity contribution >= 4 is 22.2 Å². The number of carbonyl (C=O) groups excluding carboxylic acids is 1. The summed E-state index contributed by atoms with van der Waals surface area (Å²) in [5.41, 5.74) is 2.57. The molecule has 0 fully saturated rings. The Balaban J connectivity index is 1.42. The number of imidazole rings is 1. The van der Waals surface area contributed by atoms with Crippen LogP contribution in [0.15, 0.2) is 54.7 Å². The molecule has 1 atom stereocenters. The third-order valence-corrected chi connectivity index (χ3v) is 5.85. The highest BCUT2D eigenvalue weighted by Gasteiger charge is 2.17. The van der Waals surface area contributed by atoms with Crippen LogP contribution < -0.4 is 10.1 Å². The summed E-state index contributed by atoms with van der Waals surface area (Å²) in [6.07, 6.45) is 1.14. The first-order valence-corrected chi connectivity index (χ1v) is 10.2. The van der Waals surface area contributed by atoms with E-state index < -0.39 is 11.9 Å². The lowest BCUT2D eigenvalue weighted by Gasteiger charge is -2.14. The molecule has 1 amide bonds. The summed E-state index contributed by atoms with van der Waals surface area (Å²) in [6.45, 7) is 3.90. The molecule has 0 saturated carbocycles. The molecule has 2 aromatic carbocycles. The average molecular weight is 427 g/mol. The van der Waals surface area contributed by atoms with Crippen LogP contribution in [0.4, 0.5) is 8.78 Å². The molecule has 0 aliphatic rings. The number of rotatable bonds is 6. The minimum absolute atomic E-state index is 0.287. The van der Waals surface area contributed by atoms with Crippen molar-refractivity contribution in [3.05, 3.63) is 76.9 Å². The Morgan fingerprint density at radius 1 is 1.20 bits per heavy atom. The molecular weight excluding hydrogens is 408 g/mol. The maximum absolute atomic E-state index is 13.3. The third-order valence-electron chi connectivity index (χ3n) is 4.69. The van der Waals surface area contributed by atoms with Crippen molar-refractivity contribution < 1.29 is 18.3 Å². The molecule has 2 aromatic heterocycles. The fourth-order valence-electron chi connectivity index (χ4n) is 3.03. The summed E-state index contributed by atoms with van der Waals surface area (Å²) in [6, 6.07) is 11.9. The summed E-state index contributed by atoms with van der Waals surface area (Å²) >= 11 is 1.47. The van der Waals surface area contributed by atoms with Crippen molar-refractivity contribution in [1.82, 2.24) is 14.7 Å². The predicted molar refractivity (Wildman–Crippen MR) is 112 cm³/mol. The standard InChI is InChI=1S/C22H19F2N3O2S/c1-13-20(11-25-21(28)14(2)29-18-5-3-4-17(24)10-18)30-22-26-19(12-27(13)22)15-6-8-16(23)9-7-15/h3-10,12,14H,11H2,1-2H3,(H,25,28). The van der Waals surface area contributed by atoms with Gasteiger partial charge in [0.15, 0.2) is 11.1 Å². The first-order chi connectivity index (χ1) is 14.4. The molecule has 5 nitrogen and oxygen atoms in total. The lowest BCUT2D eigenvalue weighted by Crippen LogP contribution is -2.35. The van der Waals surface area contributed by atoms with Crippen LogP contribution in [0, 0.1) is 18.6 Å². The second kappa shape index (κ2) is 8.23. The Bertz CT molecular complexity index is 1200. The maximum atomic E-state index is 13.3. The van der Waals surface area contributed by atoms with Gasteiger partial charge in [-0.15, -0.1) is 0 Å². The monoisotopic (exact) mass is 427 g/mol. The highest BCUT2D eigenvalue weighted by Crippen LogP contribution is 2.27. The zero-order valence-corrected chi connectivity index (χ0v) is 17.2. The Morgan fingerprint density at radius 2 is 1.97 bits per heavy atom. The molecule has 4 aromatic rings. The predicted octanol–water partition coefficient (Wildman–Crippen LogP) is 4.73. The normalized spacial score (nSPS) is 12.1. The molecular formula is C22H19F2N3O2S. The number of amides is 1. The highest BCUT2D eigenvalue weighted by atomic mass is 32.1. The minimum atomic E-state index is -0.763. The number of nitrogens with zero attached hydrogens (tertiary/aromatic N) is 2. The van der Waals surface area contributed by atoms with Crippen molar-refractivity contribution in [3.8, 4) is 17.0 Å². The Kier molecular flexibility index (Phi) is 5.50. The fourth-order valence-corrected chi connectivity index (χ4v) is 4.07. The summed E-state index contributed by atoms with van der Waals surface area (Å²) in [5.74, 6) is -0.698. The van der Waals surface area contributed by atoms with Gasteiger partial charge in [0.05, 0.1) is 12.2 Å². The molecule has 1 N–H and O–H groups in total. The van der Waals surface area contributed by atoms with Crippen LogP contribution in [0.1, 0.15) is 17.5 Å². The zero-order chi connectivity index (χ0) is 21.3. The fraction of sp³-hybridized carbons (Fsp3) is 0.182. The first-order valence-electron chi connectivity index (χ1n) is 9.34. The molecule has 0 spiro atoms. The van der Waals surface area contributed by atoms with Crippen molar-refractivity contribution in [1.29, 1.82) is 0 Å². The van der Waals surface area contributed by atoms with Gasteiger partial charge in [0.2, 0.25) is 0 Å². The number of benzene rings is 2. The highest BCUT2D eigenvalue weighted by molar-refractivity contribution is 7.17. The number of aryl methyl sites for hydroxylation is 1. The minimum Gasteiger partial charge on any atom is -0.481 e. The Hall–Kier alpha value is -3.26. The van der Waals surface area contributed by atoms with Gasteiger partial charge in [-0.25, -0.2) is 13.8 Å². The van der Waals surface area contributed by atoms with E-state index in [1.54, 1.807) is 25.1 Å². The van der Waals surface area contributed by atoms with E-state index in [1.165, 1.54) is 41.7 Å². The van der Waals surface area contributed by atoms with Gasteiger partial charge in [-0.2, -0.15) is 0 Å². The van der Waals surface area contributed by atoms with Crippen molar-refractivity contribution in [2.24, 2.45) is 0 Å². The van der Waals surface area contributed by atoms with Crippen LogP contribution >= 0.6 is 11.3 Å². The molecule has 30 heavy (non-hydrogen) atoms. The van der Waals surface area contributed by atoms with Crippen molar-refractivity contribution in [3.63, 3.8) is 0 Å². The molecule has 0 saturated heterocycles. The van der Waals surface area contributed by atoms with Gasteiger partial charge >= 0.3 is 0 Å². The number of halogens is 2. The number of carbonyl (C=O) groups is 1. The Labute approximate surface area is 176 Å². The third kappa shape index (κ3) is 4.18. The number of hydrogen-bond donors (Lipinski definition) is 1. The lowest BCUT2D eigenvalue weighted by atomic mass is 10.2. The molecule has 0 radical (unpaired) electrons. The summed E-state index contributed by atoms with van der Waals surface area (Å²) in [7, 11) is 0. The van der Waals surface area contributed by atoms with Gasteiger partial charge in [-0.05, 0) is 50.2 Å². The van der Waals surface area contributed by atoms with Crippen LogP contribution in [-0.2, 0) is 11.3 Å². The molecule has 154 valence electrons. The SMILES string of the molecule is Cc1c(CNC(=O)C(C)Oc2cccc(F)c2)sc2nc(-c3ccc(F)cc3)cn12. The van der Waals surface area contributed by atoms with E-state index in [4.69, 9.17) is 4.74 Å². The lowest BCUT2D eigenvalue weighted by molar-refractivity contribution is -0.127. The van der Waals surface area contributed by atoms with Crippen LogP contribution in [-0.4, -0.2) is 21.4 Å². The van der Waals surface area contributed by atoms with Gasteiger partial charge in [-0.3, -0.25) is 9.20 Å². The van der Waals surface area contributed by atoms with Gasteiger partial charge in [-0.1, -0.05) is 17.4 Å². The maximum Gasteiger partial charge on any atom is 0.261 e. The van der Waals surface area contributed by atoms with Gasteiger partial charge in [0, 0.05) is 28.4 Å². The van der Waals surface area contributed by atoms with Crippen LogP contribution in [0.25, 0.3) is 16.2 Å². The number of fused-ring (bicyclic) bond motifs is 1. The first kappa shape index (κ1) is 20.0. The zero-order valence-electron chi connectivity index (χ0n) is 16.4. The van der Waals surface area contributed by atoms with E-state index in [2.05, 4.69) is 10.3 Å². The molecule has 8 heteroatoms. The summed E-state index contributed by atoms with van der Waals surface area (Å²) in [5, 5.41) is 2.85. The van der Waals surface area contributed by atoms with E-state index in [1.807, 2.05) is 17.5 Å². The molecule has 2 heterocycles. The average Bonchev–Trinajstić information content (AvgIpc) is 3.26. The number of nitrogens with one attached hydrogen (secondary N) is 1. The molecule has 0 aliphatic carbocycles. The van der Waals surface area contributed by atoms with Crippen LogP contribution in [0.3, 0.4) is 0 Å². The van der Waals surface area contributed by atoms with E-state index in [0.717, 1.165) is 26.8 Å². The van der Waals surface area contributed by atoms with E-state index in [9.17, 15) is 13.6 Å². The van der Waals surface area contributed by atoms with E-state index >= 15 is 0 Å². The number of ether oxygens (including phenoxy) is 1. The van der Waals surface area contributed by atoms with Gasteiger partial charge < -0.3 is 10.1 Å². The summed E-state index contributed by atoms with van der Waals surface area (Å²) in [4.78, 5) is 18.7. The largest absolute Gasteiger partial charge is 0.481 e. The second-order valence-electron chi connectivity index (χ2n) is 6.83. The van der Waals surface area contributed by atoms with Gasteiger partial charge in [0.1, 0.15) is 17.4 Å². The topological polar surface area (TPSA) is 55.6 Å². The second-order valence-corrected chi connectivity index (χ2v) is 7.89.